The van der Waals surface area contributed by atoms with E-state index in [0.29, 0.717) is 0 Å². The molecule has 2 N–H and O–H groups in total. The minimum absolute atomic E-state index is 0.201. The average Bonchev–Trinajstić information content (AvgIpc) is 2.36. The molecule has 1 unspecified atom stereocenters. The second-order valence-corrected chi connectivity index (χ2v) is 6.54. The normalized spacial score (nSPS) is 22.1. The lowest BCUT2D eigenvalue weighted by Gasteiger charge is -2.45. The summed E-state index contributed by atoms with van der Waals surface area (Å²) >= 11 is 0. The first-order valence-electron chi connectivity index (χ1n) is 7.42. The van der Waals surface area contributed by atoms with Crippen LogP contribution in [0, 0.1) is 5.92 Å². The van der Waals surface area contributed by atoms with Gasteiger partial charge in [-0.25, -0.2) is 0 Å². The van der Waals surface area contributed by atoms with Gasteiger partial charge >= 0.3 is 0 Å². The lowest BCUT2D eigenvalue weighted by Crippen LogP contribution is -2.54. The summed E-state index contributed by atoms with van der Waals surface area (Å²) in [4.78, 5) is 2.59. The zero-order valence-electron chi connectivity index (χ0n) is 12.3. The van der Waals surface area contributed by atoms with Crippen LogP contribution in [-0.4, -0.2) is 30.1 Å². The van der Waals surface area contributed by atoms with Gasteiger partial charge in [-0.2, -0.15) is 0 Å². The molecule has 2 heteroatoms. The summed E-state index contributed by atoms with van der Waals surface area (Å²) in [5, 5.41) is 0. The van der Waals surface area contributed by atoms with Crippen LogP contribution in [0.15, 0.2) is 0 Å². The number of hydrogen-bond acceptors (Lipinski definition) is 2. The fourth-order valence-electron chi connectivity index (χ4n) is 2.93. The summed E-state index contributed by atoms with van der Waals surface area (Å²) in [5.74, 6) is 0.778. The van der Waals surface area contributed by atoms with E-state index in [1.165, 1.54) is 44.9 Å². The van der Waals surface area contributed by atoms with E-state index in [9.17, 15) is 0 Å². The molecule has 0 aromatic heterocycles. The minimum atomic E-state index is 0.201. The van der Waals surface area contributed by atoms with Gasteiger partial charge in [0, 0.05) is 18.1 Å². The molecule has 1 rings (SSSR count). The van der Waals surface area contributed by atoms with Gasteiger partial charge in [0.1, 0.15) is 0 Å². The van der Waals surface area contributed by atoms with E-state index in [1.807, 2.05) is 0 Å². The average molecular weight is 240 g/mol. The maximum atomic E-state index is 6.06. The van der Waals surface area contributed by atoms with Crippen LogP contribution in [-0.2, 0) is 0 Å². The summed E-state index contributed by atoms with van der Waals surface area (Å²) in [7, 11) is 2.29. The molecule has 0 spiro atoms. The highest BCUT2D eigenvalue weighted by Crippen LogP contribution is 2.29. The van der Waals surface area contributed by atoms with Gasteiger partial charge in [-0.05, 0) is 45.6 Å². The first-order chi connectivity index (χ1) is 7.99. The molecule has 0 aromatic carbocycles. The van der Waals surface area contributed by atoms with E-state index in [1.54, 1.807) is 0 Å². The van der Waals surface area contributed by atoms with Gasteiger partial charge in [0.05, 0.1) is 0 Å². The highest BCUT2D eigenvalue weighted by Gasteiger charge is 2.32. The fourth-order valence-corrected chi connectivity index (χ4v) is 2.93. The Balaban J connectivity index is 2.56. The quantitative estimate of drug-likeness (QED) is 0.771. The molecule has 102 valence electrons. The van der Waals surface area contributed by atoms with E-state index < -0.39 is 0 Å². The SMILES string of the molecule is CC(C)CCC(C)(CN)N(C)C1CCCCC1. The first kappa shape index (κ1) is 15.0. The standard InChI is InChI=1S/C15H32N2/c1-13(2)10-11-15(3,12-16)17(4)14-8-6-5-7-9-14/h13-14H,5-12,16H2,1-4H3. The van der Waals surface area contributed by atoms with E-state index in [4.69, 9.17) is 5.73 Å². The number of nitrogens with two attached hydrogens (primary N) is 1. The Morgan fingerprint density at radius 1 is 1.24 bits per heavy atom. The molecule has 0 bridgehead atoms. The van der Waals surface area contributed by atoms with Crippen molar-refractivity contribution in [3.8, 4) is 0 Å². The number of rotatable bonds is 6. The molecule has 0 radical (unpaired) electrons. The molecule has 0 heterocycles. The zero-order chi connectivity index (χ0) is 12.9. The van der Waals surface area contributed by atoms with E-state index >= 15 is 0 Å². The van der Waals surface area contributed by atoms with Crippen molar-refractivity contribution in [2.24, 2.45) is 11.7 Å². The van der Waals surface area contributed by atoms with Gasteiger partial charge < -0.3 is 5.73 Å². The molecule has 0 saturated heterocycles. The second kappa shape index (κ2) is 6.75. The molecule has 0 aromatic rings. The molecule has 17 heavy (non-hydrogen) atoms. The molecule has 1 atom stereocenters. The van der Waals surface area contributed by atoms with E-state index in [2.05, 4.69) is 32.7 Å². The van der Waals surface area contributed by atoms with Crippen LogP contribution in [0.1, 0.15) is 65.7 Å². The fraction of sp³-hybridized carbons (Fsp3) is 1.00. The smallest absolute Gasteiger partial charge is 0.0303 e. The summed E-state index contributed by atoms with van der Waals surface area (Å²) in [6, 6.07) is 0.768. The predicted molar refractivity (Wildman–Crippen MR) is 76.2 cm³/mol. The Kier molecular flexibility index (Phi) is 5.94. The van der Waals surface area contributed by atoms with Gasteiger partial charge in [-0.1, -0.05) is 33.1 Å². The lowest BCUT2D eigenvalue weighted by molar-refractivity contribution is 0.0598. The van der Waals surface area contributed by atoms with Crippen LogP contribution >= 0.6 is 0 Å². The molecular weight excluding hydrogens is 208 g/mol. The van der Waals surface area contributed by atoms with Crippen LogP contribution in [0.5, 0.6) is 0 Å². The largest absolute Gasteiger partial charge is 0.329 e. The first-order valence-corrected chi connectivity index (χ1v) is 7.42. The van der Waals surface area contributed by atoms with Crippen molar-refractivity contribution >= 4 is 0 Å². The molecule has 1 saturated carbocycles. The van der Waals surface area contributed by atoms with Crippen molar-refractivity contribution in [3.63, 3.8) is 0 Å². The molecular formula is C15H32N2. The number of nitrogens with zero attached hydrogens (tertiary/aromatic N) is 1. The molecule has 1 fully saturated rings. The van der Waals surface area contributed by atoms with Crippen LogP contribution in [0.3, 0.4) is 0 Å². The Morgan fingerprint density at radius 2 is 1.82 bits per heavy atom. The molecule has 1 aliphatic rings. The van der Waals surface area contributed by atoms with Gasteiger partial charge in [-0.3, -0.25) is 4.90 Å². The third-order valence-electron chi connectivity index (χ3n) is 4.67. The van der Waals surface area contributed by atoms with E-state index in [0.717, 1.165) is 18.5 Å². The van der Waals surface area contributed by atoms with Crippen LogP contribution < -0.4 is 5.73 Å². The predicted octanol–water partition coefficient (Wildman–Crippen LogP) is 3.40. The second-order valence-electron chi connectivity index (χ2n) is 6.54. The van der Waals surface area contributed by atoms with Gasteiger partial charge in [0.2, 0.25) is 0 Å². The van der Waals surface area contributed by atoms with Crippen LogP contribution in [0.2, 0.25) is 0 Å². The van der Waals surface area contributed by atoms with E-state index in [-0.39, 0.29) is 5.54 Å². The summed E-state index contributed by atoms with van der Waals surface area (Å²) in [5.41, 5.74) is 6.26. The van der Waals surface area contributed by atoms with Gasteiger partial charge in [0.15, 0.2) is 0 Å². The van der Waals surface area contributed by atoms with Crippen LogP contribution in [0.25, 0.3) is 0 Å². The number of hydrogen-bond donors (Lipinski definition) is 1. The summed E-state index contributed by atoms with van der Waals surface area (Å²) in [6.45, 7) is 7.74. The topological polar surface area (TPSA) is 29.3 Å². The molecule has 0 aliphatic heterocycles. The van der Waals surface area contributed by atoms with Crippen molar-refractivity contribution < 1.29 is 0 Å². The van der Waals surface area contributed by atoms with Gasteiger partial charge in [-0.15, -0.1) is 0 Å². The number of likely N-dealkylation sites (N-methyl/N-ethyl adjacent to an activating group) is 1. The highest BCUT2D eigenvalue weighted by molar-refractivity contribution is 4.90. The Morgan fingerprint density at radius 3 is 2.29 bits per heavy atom. The summed E-state index contributed by atoms with van der Waals surface area (Å²) in [6.07, 6.45) is 9.48. The summed E-state index contributed by atoms with van der Waals surface area (Å²) < 4.78 is 0. The Hall–Kier alpha value is -0.0800. The third kappa shape index (κ3) is 4.26. The molecule has 2 nitrogen and oxygen atoms in total. The zero-order valence-corrected chi connectivity index (χ0v) is 12.3. The van der Waals surface area contributed by atoms with Crippen molar-refractivity contribution in [2.45, 2.75) is 77.3 Å². The van der Waals surface area contributed by atoms with Crippen molar-refractivity contribution in [1.82, 2.24) is 4.90 Å². The van der Waals surface area contributed by atoms with Crippen molar-refractivity contribution in [1.29, 1.82) is 0 Å². The highest BCUT2D eigenvalue weighted by atomic mass is 15.2. The van der Waals surface area contributed by atoms with Crippen LogP contribution in [0.4, 0.5) is 0 Å². The molecule has 1 aliphatic carbocycles. The Bertz CT molecular complexity index is 209. The minimum Gasteiger partial charge on any atom is -0.329 e. The maximum Gasteiger partial charge on any atom is 0.0303 e. The third-order valence-corrected chi connectivity index (χ3v) is 4.67. The van der Waals surface area contributed by atoms with Crippen molar-refractivity contribution in [2.75, 3.05) is 13.6 Å². The Labute approximate surface area is 108 Å². The monoisotopic (exact) mass is 240 g/mol. The molecule has 0 amide bonds. The van der Waals surface area contributed by atoms with Crippen molar-refractivity contribution in [3.05, 3.63) is 0 Å². The van der Waals surface area contributed by atoms with Gasteiger partial charge in [0.25, 0.3) is 0 Å². The lowest BCUT2D eigenvalue weighted by atomic mass is 9.86. The maximum absolute atomic E-state index is 6.06.